The van der Waals surface area contributed by atoms with Crippen molar-refractivity contribution in [1.82, 2.24) is 14.9 Å². The fraction of sp³-hybridized carbons (Fsp3) is 0.500. The molecule has 0 unspecified atom stereocenters. The minimum atomic E-state index is -1.12. The second-order valence-corrected chi connectivity index (χ2v) is 4.32. The van der Waals surface area contributed by atoms with Crippen molar-refractivity contribution in [3.05, 3.63) is 17.0 Å². The van der Waals surface area contributed by atoms with Crippen LogP contribution in [0.5, 0.6) is 0 Å². The van der Waals surface area contributed by atoms with Crippen molar-refractivity contribution < 1.29 is 9.90 Å². The van der Waals surface area contributed by atoms with Gasteiger partial charge in [-0.05, 0) is 7.05 Å². The second-order valence-electron chi connectivity index (χ2n) is 3.97. The van der Waals surface area contributed by atoms with E-state index < -0.39 is 5.97 Å². The molecule has 2 rings (SSSR count). The van der Waals surface area contributed by atoms with Crippen LogP contribution in [-0.2, 0) is 0 Å². The van der Waals surface area contributed by atoms with Gasteiger partial charge in [-0.25, -0.2) is 14.8 Å². The first-order valence-electron chi connectivity index (χ1n) is 5.27. The van der Waals surface area contributed by atoms with Gasteiger partial charge in [0.15, 0.2) is 16.7 Å². The van der Waals surface area contributed by atoms with Crippen LogP contribution in [0, 0.1) is 0 Å². The summed E-state index contributed by atoms with van der Waals surface area (Å²) in [6.07, 6.45) is 1.24. The van der Waals surface area contributed by atoms with Gasteiger partial charge in [-0.15, -0.1) is 0 Å². The summed E-state index contributed by atoms with van der Waals surface area (Å²) in [4.78, 5) is 22.8. The summed E-state index contributed by atoms with van der Waals surface area (Å²) in [5.74, 6) is -0.561. The summed E-state index contributed by atoms with van der Waals surface area (Å²) in [6.45, 7) is 3.49. The number of halogens is 1. The van der Waals surface area contributed by atoms with Crippen molar-refractivity contribution in [3.63, 3.8) is 0 Å². The Morgan fingerprint density at radius 2 is 2.06 bits per heavy atom. The molecule has 1 N–H and O–H groups in total. The summed E-state index contributed by atoms with van der Waals surface area (Å²) in [6, 6.07) is 0. The molecule has 0 amide bonds. The molecule has 6 nitrogen and oxygen atoms in total. The molecule has 1 fully saturated rings. The monoisotopic (exact) mass is 256 g/mol. The topological polar surface area (TPSA) is 69.6 Å². The Labute approximate surface area is 104 Å². The second kappa shape index (κ2) is 4.85. The molecule has 2 heterocycles. The van der Waals surface area contributed by atoms with Gasteiger partial charge in [0.05, 0.1) is 6.20 Å². The zero-order chi connectivity index (χ0) is 12.4. The van der Waals surface area contributed by atoms with E-state index in [1.54, 1.807) is 0 Å². The van der Waals surface area contributed by atoms with Crippen LogP contribution in [0.4, 0.5) is 5.82 Å². The van der Waals surface area contributed by atoms with Crippen molar-refractivity contribution in [2.24, 2.45) is 0 Å². The first-order chi connectivity index (χ1) is 8.08. The maximum atomic E-state index is 10.7. The first-order valence-corrected chi connectivity index (χ1v) is 5.65. The van der Waals surface area contributed by atoms with Crippen molar-refractivity contribution in [2.45, 2.75) is 0 Å². The summed E-state index contributed by atoms with van der Waals surface area (Å²) < 4.78 is 0. The molecule has 1 saturated heterocycles. The Morgan fingerprint density at radius 1 is 1.41 bits per heavy atom. The summed E-state index contributed by atoms with van der Waals surface area (Å²) in [7, 11) is 2.05. The van der Waals surface area contributed by atoms with E-state index in [0.29, 0.717) is 5.82 Å². The van der Waals surface area contributed by atoms with Crippen molar-refractivity contribution in [2.75, 3.05) is 38.1 Å². The third-order valence-corrected chi connectivity index (χ3v) is 2.99. The first kappa shape index (κ1) is 12.1. The Bertz CT molecular complexity index is 432. The lowest BCUT2D eigenvalue weighted by Crippen LogP contribution is -2.45. The van der Waals surface area contributed by atoms with Gasteiger partial charge >= 0.3 is 5.97 Å². The number of carboxylic acids is 1. The van der Waals surface area contributed by atoms with Gasteiger partial charge in [0, 0.05) is 26.2 Å². The van der Waals surface area contributed by atoms with Gasteiger partial charge in [-0.3, -0.25) is 0 Å². The van der Waals surface area contributed by atoms with E-state index in [4.69, 9.17) is 16.7 Å². The zero-order valence-electron chi connectivity index (χ0n) is 9.43. The number of likely N-dealkylation sites (N-methyl/N-ethyl adjacent to an activating group) is 1. The smallest absolute Gasteiger partial charge is 0.356 e. The molecule has 0 atom stereocenters. The number of aromatic carboxylic acids is 1. The molecule has 0 spiro atoms. The quantitative estimate of drug-likeness (QED) is 0.835. The van der Waals surface area contributed by atoms with Crippen LogP contribution < -0.4 is 4.90 Å². The van der Waals surface area contributed by atoms with Gasteiger partial charge in [0.2, 0.25) is 0 Å². The third kappa shape index (κ3) is 2.65. The largest absolute Gasteiger partial charge is 0.476 e. The number of carbonyl (C=O) groups is 1. The molecule has 92 valence electrons. The number of piperazine rings is 1. The molecule has 0 saturated carbocycles. The van der Waals surface area contributed by atoms with Crippen LogP contribution in [0.15, 0.2) is 6.20 Å². The van der Waals surface area contributed by atoms with E-state index in [-0.39, 0.29) is 10.8 Å². The molecule has 17 heavy (non-hydrogen) atoms. The van der Waals surface area contributed by atoms with Gasteiger partial charge in [0.1, 0.15) is 0 Å². The lowest BCUT2D eigenvalue weighted by atomic mass is 10.3. The number of rotatable bonds is 2. The average molecular weight is 257 g/mol. The van der Waals surface area contributed by atoms with Crippen LogP contribution in [0.25, 0.3) is 0 Å². The zero-order valence-corrected chi connectivity index (χ0v) is 10.2. The molecule has 0 aliphatic carbocycles. The van der Waals surface area contributed by atoms with Crippen LogP contribution in [0.3, 0.4) is 0 Å². The number of hydrogen-bond donors (Lipinski definition) is 1. The fourth-order valence-electron chi connectivity index (χ4n) is 1.69. The highest BCUT2D eigenvalue weighted by Crippen LogP contribution is 2.22. The van der Waals surface area contributed by atoms with Crippen LogP contribution in [0.1, 0.15) is 10.5 Å². The Balaban J connectivity index is 2.19. The highest BCUT2D eigenvalue weighted by atomic mass is 35.5. The third-order valence-electron chi connectivity index (χ3n) is 2.73. The molecular formula is C10H13ClN4O2. The number of anilines is 1. The highest BCUT2D eigenvalue weighted by molar-refractivity contribution is 6.31. The summed E-state index contributed by atoms with van der Waals surface area (Å²) in [5.41, 5.74) is -0.132. The molecule has 0 radical (unpaired) electrons. The maximum Gasteiger partial charge on any atom is 0.356 e. The van der Waals surface area contributed by atoms with E-state index >= 15 is 0 Å². The lowest BCUT2D eigenvalue weighted by molar-refractivity contribution is 0.0690. The maximum absolute atomic E-state index is 10.7. The van der Waals surface area contributed by atoms with Gasteiger partial charge < -0.3 is 14.9 Å². The van der Waals surface area contributed by atoms with E-state index in [1.807, 2.05) is 4.90 Å². The van der Waals surface area contributed by atoms with Crippen molar-refractivity contribution in [1.29, 1.82) is 0 Å². The molecule has 1 aromatic rings. The number of carboxylic acid groups (broad SMARTS) is 1. The molecule has 0 bridgehead atoms. The van der Waals surface area contributed by atoms with E-state index in [0.717, 1.165) is 26.2 Å². The molecule has 7 heteroatoms. The number of aromatic nitrogens is 2. The minimum absolute atomic E-state index is 0.132. The van der Waals surface area contributed by atoms with Gasteiger partial charge in [-0.1, -0.05) is 11.6 Å². The van der Waals surface area contributed by atoms with Gasteiger partial charge in [-0.2, -0.15) is 0 Å². The predicted octanol–water partition coefficient (Wildman–Crippen LogP) is 0.580. The summed E-state index contributed by atoms with van der Waals surface area (Å²) >= 11 is 5.95. The van der Waals surface area contributed by atoms with E-state index in [2.05, 4.69) is 21.9 Å². The molecular weight excluding hydrogens is 244 g/mol. The van der Waals surface area contributed by atoms with E-state index in [9.17, 15) is 4.79 Å². The van der Waals surface area contributed by atoms with Crippen LogP contribution in [0.2, 0.25) is 5.15 Å². The average Bonchev–Trinajstić information content (AvgIpc) is 2.30. The normalized spacial score (nSPS) is 17.2. The number of hydrogen-bond acceptors (Lipinski definition) is 5. The Morgan fingerprint density at radius 3 is 2.59 bits per heavy atom. The SMILES string of the molecule is CN1CCN(c2ncc(C(=O)O)nc2Cl)CC1. The van der Waals surface area contributed by atoms with Crippen molar-refractivity contribution in [3.8, 4) is 0 Å². The predicted molar refractivity (Wildman–Crippen MR) is 63.7 cm³/mol. The molecule has 1 aromatic heterocycles. The summed E-state index contributed by atoms with van der Waals surface area (Å²) in [5, 5.41) is 8.91. The minimum Gasteiger partial charge on any atom is -0.476 e. The van der Waals surface area contributed by atoms with E-state index in [1.165, 1.54) is 6.20 Å². The van der Waals surface area contributed by atoms with Crippen LogP contribution in [-0.4, -0.2) is 59.2 Å². The lowest BCUT2D eigenvalue weighted by Gasteiger charge is -2.33. The Hall–Kier alpha value is -1.40. The standard InChI is InChI=1S/C10H13ClN4O2/c1-14-2-4-15(5-3-14)9-8(11)13-7(6-12-9)10(16)17/h6H,2-5H2,1H3,(H,16,17). The highest BCUT2D eigenvalue weighted by Gasteiger charge is 2.19. The van der Waals surface area contributed by atoms with Crippen molar-refractivity contribution >= 4 is 23.4 Å². The molecule has 1 aliphatic heterocycles. The molecule has 0 aromatic carbocycles. The fourth-order valence-corrected chi connectivity index (χ4v) is 1.95. The Kier molecular flexibility index (Phi) is 3.44. The number of nitrogens with zero attached hydrogens (tertiary/aromatic N) is 4. The van der Waals surface area contributed by atoms with Crippen LogP contribution >= 0.6 is 11.6 Å². The van der Waals surface area contributed by atoms with Gasteiger partial charge in [0.25, 0.3) is 0 Å². The molecule has 1 aliphatic rings.